The molecular weight excluding hydrogens is 194 g/mol. The fraction of sp³-hybridized carbons (Fsp3) is 0.727. The van der Waals surface area contributed by atoms with Crippen LogP contribution >= 0.6 is 0 Å². The van der Waals surface area contributed by atoms with Crippen molar-refractivity contribution in [2.75, 3.05) is 19.8 Å². The van der Waals surface area contributed by atoms with Crippen LogP contribution in [0, 0.1) is 5.92 Å². The zero-order valence-corrected chi connectivity index (χ0v) is 9.16. The van der Waals surface area contributed by atoms with Crippen LogP contribution in [0.25, 0.3) is 0 Å². The minimum atomic E-state index is -0.693. The molecule has 1 aliphatic carbocycles. The molecule has 2 atom stereocenters. The lowest BCUT2D eigenvalue weighted by Gasteiger charge is -2.34. The van der Waals surface area contributed by atoms with Gasteiger partial charge in [-0.25, -0.2) is 0 Å². The van der Waals surface area contributed by atoms with Crippen molar-refractivity contribution in [2.24, 2.45) is 5.92 Å². The fourth-order valence-corrected chi connectivity index (χ4v) is 1.60. The summed E-state index contributed by atoms with van der Waals surface area (Å²) in [5.41, 5.74) is 1.00. The third kappa shape index (κ3) is 4.01. The van der Waals surface area contributed by atoms with E-state index in [1.54, 1.807) is 0 Å². The summed E-state index contributed by atoms with van der Waals surface area (Å²) in [6, 6.07) is 0.135. The predicted molar refractivity (Wildman–Crippen MR) is 57.8 cm³/mol. The average Bonchev–Trinajstić information content (AvgIpc) is 2.07. The molecule has 2 N–H and O–H groups in total. The molecule has 0 amide bonds. The Bertz CT molecular complexity index is 240. The third-order valence-electron chi connectivity index (χ3n) is 2.59. The highest BCUT2D eigenvalue weighted by molar-refractivity contribution is 5.72. The molecule has 0 heterocycles. The molecule has 1 saturated carbocycles. The summed E-state index contributed by atoms with van der Waals surface area (Å²) >= 11 is 0. The first kappa shape index (κ1) is 12.2. The van der Waals surface area contributed by atoms with Crippen LogP contribution in [0.3, 0.4) is 0 Å². The lowest BCUT2D eigenvalue weighted by atomic mass is 9.79. The van der Waals surface area contributed by atoms with Gasteiger partial charge in [0.15, 0.2) is 0 Å². The Morgan fingerprint density at radius 1 is 1.60 bits per heavy atom. The van der Waals surface area contributed by atoms with Gasteiger partial charge in [0.2, 0.25) is 0 Å². The largest absolute Gasteiger partial charge is 0.481 e. The zero-order valence-electron chi connectivity index (χ0n) is 9.16. The van der Waals surface area contributed by atoms with Crippen molar-refractivity contribution in [3.8, 4) is 0 Å². The van der Waals surface area contributed by atoms with Crippen LogP contribution < -0.4 is 5.32 Å². The SMILES string of the molecule is C=C(C)COCCNC1CCC1C(=O)O. The number of rotatable bonds is 7. The minimum absolute atomic E-state index is 0.135. The van der Waals surface area contributed by atoms with Crippen molar-refractivity contribution in [2.45, 2.75) is 25.8 Å². The van der Waals surface area contributed by atoms with Gasteiger partial charge in [-0.05, 0) is 19.8 Å². The second-order valence-electron chi connectivity index (χ2n) is 4.09. The van der Waals surface area contributed by atoms with Crippen molar-refractivity contribution in [3.63, 3.8) is 0 Å². The lowest BCUT2D eigenvalue weighted by molar-refractivity contribution is -0.146. The Kier molecular flexibility index (Phi) is 4.78. The molecular formula is C11H19NO3. The first-order chi connectivity index (χ1) is 7.11. The second kappa shape index (κ2) is 5.88. The number of ether oxygens (including phenoxy) is 1. The summed E-state index contributed by atoms with van der Waals surface area (Å²) in [4.78, 5) is 10.7. The van der Waals surface area contributed by atoms with Gasteiger partial charge in [-0.2, -0.15) is 0 Å². The summed E-state index contributed by atoms with van der Waals surface area (Å²) in [6.07, 6.45) is 1.75. The van der Waals surface area contributed by atoms with Gasteiger partial charge in [-0.3, -0.25) is 4.79 Å². The maximum absolute atomic E-state index is 10.7. The van der Waals surface area contributed by atoms with E-state index < -0.39 is 5.97 Å². The summed E-state index contributed by atoms with van der Waals surface area (Å²) in [5.74, 6) is -0.896. The maximum Gasteiger partial charge on any atom is 0.308 e. The van der Waals surface area contributed by atoms with E-state index in [1.807, 2.05) is 6.92 Å². The molecule has 86 valence electrons. The lowest BCUT2D eigenvalue weighted by Crippen LogP contribution is -2.48. The van der Waals surface area contributed by atoms with E-state index in [9.17, 15) is 4.79 Å². The van der Waals surface area contributed by atoms with Crippen molar-refractivity contribution < 1.29 is 14.6 Å². The van der Waals surface area contributed by atoms with E-state index in [-0.39, 0.29) is 12.0 Å². The molecule has 4 heteroatoms. The second-order valence-corrected chi connectivity index (χ2v) is 4.09. The summed E-state index contributed by atoms with van der Waals surface area (Å²) in [7, 11) is 0. The molecule has 0 aromatic carbocycles. The molecule has 1 aliphatic rings. The Morgan fingerprint density at radius 3 is 2.80 bits per heavy atom. The highest BCUT2D eigenvalue weighted by atomic mass is 16.5. The maximum atomic E-state index is 10.7. The first-order valence-corrected chi connectivity index (χ1v) is 5.29. The monoisotopic (exact) mass is 213 g/mol. The minimum Gasteiger partial charge on any atom is -0.481 e. The van der Waals surface area contributed by atoms with Crippen LogP contribution in [0.15, 0.2) is 12.2 Å². The van der Waals surface area contributed by atoms with Gasteiger partial charge in [0, 0.05) is 12.6 Å². The van der Waals surface area contributed by atoms with Gasteiger partial charge >= 0.3 is 5.97 Å². The van der Waals surface area contributed by atoms with E-state index in [2.05, 4.69) is 11.9 Å². The molecule has 0 aromatic heterocycles. The summed E-state index contributed by atoms with van der Waals surface area (Å²) in [6.45, 7) is 7.54. The predicted octanol–water partition coefficient (Wildman–Crippen LogP) is 1.03. The number of hydrogen-bond acceptors (Lipinski definition) is 3. The van der Waals surface area contributed by atoms with E-state index >= 15 is 0 Å². The van der Waals surface area contributed by atoms with Crippen LogP contribution in [0.2, 0.25) is 0 Å². The van der Waals surface area contributed by atoms with E-state index in [0.29, 0.717) is 19.8 Å². The van der Waals surface area contributed by atoms with Crippen molar-refractivity contribution >= 4 is 5.97 Å². The number of aliphatic carboxylic acids is 1. The fourth-order valence-electron chi connectivity index (χ4n) is 1.60. The van der Waals surface area contributed by atoms with Crippen LogP contribution in [-0.2, 0) is 9.53 Å². The van der Waals surface area contributed by atoms with Gasteiger partial charge < -0.3 is 15.2 Å². The highest BCUT2D eigenvalue weighted by Crippen LogP contribution is 2.27. The van der Waals surface area contributed by atoms with E-state index in [4.69, 9.17) is 9.84 Å². The van der Waals surface area contributed by atoms with Gasteiger partial charge in [0.05, 0.1) is 19.1 Å². The molecule has 1 fully saturated rings. The average molecular weight is 213 g/mol. The number of hydrogen-bond donors (Lipinski definition) is 2. The molecule has 0 radical (unpaired) electrons. The Hall–Kier alpha value is -0.870. The topological polar surface area (TPSA) is 58.6 Å². The van der Waals surface area contributed by atoms with Crippen molar-refractivity contribution in [1.29, 1.82) is 0 Å². The number of nitrogens with one attached hydrogen (secondary N) is 1. The van der Waals surface area contributed by atoms with Crippen LogP contribution in [0.5, 0.6) is 0 Å². The standard InChI is InChI=1S/C11H19NO3/c1-8(2)7-15-6-5-12-10-4-3-9(10)11(13)14/h9-10,12H,1,3-7H2,2H3,(H,13,14). The molecule has 0 bridgehead atoms. The molecule has 2 unspecified atom stereocenters. The quantitative estimate of drug-likeness (QED) is 0.490. The molecule has 0 spiro atoms. The Balaban J connectivity index is 2.01. The number of carboxylic acids is 1. The third-order valence-corrected chi connectivity index (χ3v) is 2.59. The Labute approximate surface area is 90.3 Å². The molecule has 0 aliphatic heterocycles. The zero-order chi connectivity index (χ0) is 11.3. The summed E-state index contributed by atoms with van der Waals surface area (Å²) in [5, 5.41) is 12.0. The van der Waals surface area contributed by atoms with E-state index in [0.717, 1.165) is 18.4 Å². The molecule has 0 saturated heterocycles. The summed E-state index contributed by atoms with van der Waals surface area (Å²) < 4.78 is 5.30. The van der Waals surface area contributed by atoms with Gasteiger partial charge in [0.1, 0.15) is 0 Å². The van der Waals surface area contributed by atoms with E-state index in [1.165, 1.54) is 0 Å². The highest BCUT2D eigenvalue weighted by Gasteiger charge is 2.35. The normalized spacial score (nSPS) is 24.6. The molecule has 1 rings (SSSR count). The molecule has 15 heavy (non-hydrogen) atoms. The number of carbonyl (C=O) groups is 1. The number of carboxylic acid groups (broad SMARTS) is 1. The van der Waals surface area contributed by atoms with Crippen LogP contribution in [0.4, 0.5) is 0 Å². The van der Waals surface area contributed by atoms with Crippen molar-refractivity contribution in [3.05, 3.63) is 12.2 Å². The molecule has 4 nitrogen and oxygen atoms in total. The molecule has 0 aromatic rings. The van der Waals surface area contributed by atoms with Gasteiger partial charge in [-0.15, -0.1) is 0 Å². The van der Waals surface area contributed by atoms with Gasteiger partial charge in [-0.1, -0.05) is 12.2 Å². The first-order valence-electron chi connectivity index (χ1n) is 5.29. The smallest absolute Gasteiger partial charge is 0.308 e. The van der Waals surface area contributed by atoms with Gasteiger partial charge in [0.25, 0.3) is 0 Å². The Morgan fingerprint density at radius 2 is 2.33 bits per heavy atom. The van der Waals surface area contributed by atoms with Crippen LogP contribution in [0.1, 0.15) is 19.8 Å². The van der Waals surface area contributed by atoms with Crippen LogP contribution in [-0.4, -0.2) is 36.9 Å². The van der Waals surface area contributed by atoms with Crippen molar-refractivity contribution in [1.82, 2.24) is 5.32 Å².